The molecule has 0 saturated carbocycles. The average Bonchev–Trinajstić information content (AvgIpc) is 3.22. The second-order valence-corrected chi connectivity index (χ2v) is 9.76. The van der Waals surface area contributed by atoms with Crippen molar-refractivity contribution in [3.05, 3.63) is 94.5 Å². The fraction of sp³-hybridized carbons (Fsp3) is 0.240. The number of sulfonamides is 1. The van der Waals surface area contributed by atoms with E-state index in [4.69, 9.17) is 0 Å². The SMILES string of the molecule is Cc1ccc(S(=O)(=O)Nc2ccc(C(=O)N[C@@H](C)c3ccc4c(c3)CCC4)cc2)cc1. The highest BCUT2D eigenvalue weighted by atomic mass is 32.2. The number of benzene rings is 3. The van der Waals surface area contributed by atoms with E-state index in [1.807, 2.05) is 13.8 Å². The van der Waals surface area contributed by atoms with Crippen LogP contribution in [0.25, 0.3) is 0 Å². The molecule has 0 saturated heterocycles. The summed E-state index contributed by atoms with van der Waals surface area (Å²) in [4.78, 5) is 12.9. The molecule has 1 aliphatic rings. The first-order valence-corrected chi connectivity index (χ1v) is 11.9. The van der Waals surface area contributed by atoms with Crippen molar-refractivity contribution < 1.29 is 13.2 Å². The van der Waals surface area contributed by atoms with E-state index in [0.29, 0.717) is 11.3 Å². The van der Waals surface area contributed by atoms with Crippen LogP contribution in [0.5, 0.6) is 0 Å². The zero-order valence-corrected chi connectivity index (χ0v) is 18.5. The summed E-state index contributed by atoms with van der Waals surface area (Å²) in [7, 11) is -3.67. The van der Waals surface area contributed by atoms with Crippen LogP contribution in [-0.2, 0) is 22.9 Å². The van der Waals surface area contributed by atoms with E-state index >= 15 is 0 Å². The van der Waals surface area contributed by atoms with Gasteiger partial charge < -0.3 is 5.32 Å². The van der Waals surface area contributed by atoms with Gasteiger partial charge in [0.05, 0.1) is 10.9 Å². The molecule has 1 amide bonds. The van der Waals surface area contributed by atoms with E-state index in [1.165, 1.54) is 17.5 Å². The lowest BCUT2D eigenvalue weighted by molar-refractivity contribution is 0.0940. The molecule has 4 rings (SSSR count). The number of amides is 1. The van der Waals surface area contributed by atoms with Crippen LogP contribution in [0.1, 0.15) is 52.0 Å². The smallest absolute Gasteiger partial charge is 0.261 e. The van der Waals surface area contributed by atoms with Crippen LogP contribution < -0.4 is 10.0 Å². The highest BCUT2D eigenvalue weighted by molar-refractivity contribution is 7.92. The van der Waals surface area contributed by atoms with Crippen LogP contribution in [-0.4, -0.2) is 14.3 Å². The first-order valence-electron chi connectivity index (χ1n) is 10.4. The number of aryl methyl sites for hydroxylation is 3. The molecule has 6 heteroatoms. The van der Waals surface area contributed by atoms with Gasteiger partial charge in [0.15, 0.2) is 0 Å². The van der Waals surface area contributed by atoms with Gasteiger partial charge in [0.2, 0.25) is 0 Å². The fourth-order valence-corrected chi connectivity index (χ4v) is 4.90. The van der Waals surface area contributed by atoms with Crippen molar-refractivity contribution in [3.8, 4) is 0 Å². The second kappa shape index (κ2) is 8.55. The standard InChI is InChI=1S/C25H26N2O3S/c1-17-6-14-24(15-7-17)31(29,30)27-23-12-10-20(11-13-23)25(28)26-18(2)21-9-8-19-4-3-5-22(19)16-21/h6-16,18,27H,3-5H2,1-2H3,(H,26,28)/t18-/m0/s1. The summed E-state index contributed by atoms with van der Waals surface area (Å²) in [5.41, 5.74) is 5.75. The van der Waals surface area contributed by atoms with Crippen molar-refractivity contribution in [1.82, 2.24) is 5.32 Å². The zero-order chi connectivity index (χ0) is 22.0. The normalized spacial score (nSPS) is 14.0. The number of fused-ring (bicyclic) bond motifs is 1. The summed E-state index contributed by atoms with van der Waals surface area (Å²) in [6, 6.07) is 19.4. The summed E-state index contributed by atoms with van der Waals surface area (Å²) >= 11 is 0. The maximum atomic E-state index is 12.7. The van der Waals surface area contributed by atoms with Crippen molar-refractivity contribution in [2.75, 3.05) is 4.72 Å². The molecule has 3 aromatic carbocycles. The molecule has 1 aliphatic carbocycles. The molecule has 160 valence electrons. The number of nitrogens with one attached hydrogen (secondary N) is 2. The highest BCUT2D eigenvalue weighted by Gasteiger charge is 2.17. The molecule has 0 radical (unpaired) electrons. The Labute approximate surface area is 183 Å². The van der Waals surface area contributed by atoms with Crippen molar-refractivity contribution in [2.45, 2.75) is 44.0 Å². The minimum absolute atomic E-state index is 0.113. The Bertz CT molecular complexity index is 1200. The average molecular weight is 435 g/mol. The summed E-state index contributed by atoms with van der Waals surface area (Å²) in [5, 5.41) is 3.02. The second-order valence-electron chi connectivity index (χ2n) is 8.07. The summed E-state index contributed by atoms with van der Waals surface area (Å²) in [6.07, 6.45) is 3.43. The molecule has 1 atom stereocenters. The van der Waals surface area contributed by atoms with Crippen LogP contribution >= 0.6 is 0 Å². The van der Waals surface area contributed by atoms with Crippen LogP contribution in [0.3, 0.4) is 0 Å². The van der Waals surface area contributed by atoms with E-state index in [-0.39, 0.29) is 16.8 Å². The maximum Gasteiger partial charge on any atom is 0.261 e. The Kier molecular flexibility index (Phi) is 5.83. The van der Waals surface area contributed by atoms with Crippen molar-refractivity contribution in [1.29, 1.82) is 0 Å². The molecule has 5 nitrogen and oxygen atoms in total. The Hall–Kier alpha value is -3.12. The van der Waals surface area contributed by atoms with E-state index in [0.717, 1.165) is 24.0 Å². The van der Waals surface area contributed by atoms with Gasteiger partial charge >= 0.3 is 0 Å². The third-order valence-corrected chi connectivity index (χ3v) is 7.10. The first-order chi connectivity index (χ1) is 14.8. The van der Waals surface area contributed by atoms with Crippen LogP contribution in [0.4, 0.5) is 5.69 Å². The van der Waals surface area contributed by atoms with E-state index in [9.17, 15) is 13.2 Å². The summed E-state index contributed by atoms with van der Waals surface area (Å²) < 4.78 is 27.6. The number of rotatable bonds is 6. The molecular formula is C25H26N2O3S. The van der Waals surface area contributed by atoms with Crippen LogP contribution in [0.15, 0.2) is 71.6 Å². The summed E-state index contributed by atoms with van der Waals surface area (Å²) in [5.74, 6) is -0.194. The van der Waals surface area contributed by atoms with Gasteiger partial charge in [-0.3, -0.25) is 9.52 Å². The summed E-state index contributed by atoms with van der Waals surface area (Å²) in [6.45, 7) is 3.87. The fourth-order valence-electron chi connectivity index (χ4n) is 3.85. The molecule has 0 heterocycles. The lowest BCUT2D eigenvalue weighted by atomic mass is 10.0. The number of carbonyl (C=O) groups excluding carboxylic acids is 1. The molecule has 0 spiro atoms. The molecular weight excluding hydrogens is 408 g/mol. The van der Waals surface area contributed by atoms with Crippen molar-refractivity contribution in [2.24, 2.45) is 0 Å². The van der Waals surface area contributed by atoms with Gasteiger partial charge in [0.1, 0.15) is 0 Å². The van der Waals surface area contributed by atoms with E-state index in [2.05, 4.69) is 28.2 Å². The van der Waals surface area contributed by atoms with Gasteiger partial charge in [-0.15, -0.1) is 0 Å². The molecule has 0 unspecified atom stereocenters. The quantitative estimate of drug-likeness (QED) is 0.586. The van der Waals surface area contributed by atoms with E-state index in [1.54, 1.807) is 48.5 Å². The Morgan fingerprint density at radius 2 is 1.58 bits per heavy atom. The van der Waals surface area contributed by atoms with Gasteiger partial charge in [-0.2, -0.15) is 0 Å². The molecule has 31 heavy (non-hydrogen) atoms. The van der Waals surface area contributed by atoms with Crippen LogP contribution in [0.2, 0.25) is 0 Å². The Morgan fingerprint density at radius 3 is 2.29 bits per heavy atom. The van der Waals surface area contributed by atoms with Gasteiger partial charge in [0.25, 0.3) is 15.9 Å². The van der Waals surface area contributed by atoms with Crippen LogP contribution in [0, 0.1) is 6.92 Å². The predicted molar refractivity (Wildman–Crippen MR) is 123 cm³/mol. The van der Waals surface area contributed by atoms with E-state index < -0.39 is 10.0 Å². The third-order valence-electron chi connectivity index (χ3n) is 5.70. The van der Waals surface area contributed by atoms with Gasteiger partial charge in [-0.05, 0) is 86.2 Å². The highest BCUT2D eigenvalue weighted by Crippen LogP contribution is 2.25. The maximum absolute atomic E-state index is 12.7. The monoisotopic (exact) mass is 434 g/mol. The Morgan fingerprint density at radius 1 is 0.903 bits per heavy atom. The van der Waals surface area contributed by atoms with Gasteiger partial charge in [0, 0.05) is 11.3 Å². The Balaban J connectivity index is 1.41. The third kappa shape index (κ3) is 4.80. The minimum atomic E-state index is -3.67. The van der Waals surface area contributed by atoms with Gasteiger partial charge in [-0.1, -0.05) is 35.9 Å². The minimum Gasteiger partial charge on any atom is -0.346 e. The van der Waals surface area contributed by atoms with Gasteiger partial charge in [-0.25, -0.2) is 8.42 Å². The molecule has 3 aromatic rings. The predicted octanol–water partition coefficient (Wildman–Crippen LogP) is 4.78. The van der Waals surface area contributed by atoms with Crippen molar-refractivity contribution in [3.63, 3.8) is 0 Å². The van der Waals surface area contributed by atoms with Crippen molar-refractivity contribution >= 4 is 21.6 Å². The number of hydrogen-bond acceptors (Lipinski definition) is 3. The number of carbonyl (C=O) groups is 1. The zero-order valence-electron chi connectivity index (χ0n) is 17.7. The lowest BCUT2D eigenvalue weighted by Crippen LogP contribution is -2.26. The largest absolute Gasteiger partial charge is 0.346 e. The first kappa shape index (κ1) is 21.1. The topological polar surface area (TPSA) is 75.3 Å². The lowest BCUT2D eigenvalue weighted by Gasteiger charge is -2.16. The molecule has 0 aromatic heterocycles. The molecule has 2 N–H and O–H groups in total. The molecule has 0 aliphatic heterocycles. The number of anilines is 1. The molecule has 0 bridgehead atoms. The number of hydrogen-bond donors (Lipinski definition) is 2. The molecule has 0 fully saturated rings.